The first-order chi connectivity index (χ1) is 16.6. The number of aromatic nitrogens is 6. The Morgan fingerprint density at radius 2 is 1.60 bits per heavy atom. The molecule has 2 amide bonds. The molecule has 0 spiro atoms. The minimum atomic E-state index is -0.485. The Morgan fingerprint density at radius 1 is 0.971 bits per heavy atom. The van der Waals surface area contributed by atoms with E-state index in [2.05, 4.69) is 25.9 Å². The highest BCUT2D eigenvalue weighted by Gasteiger charge is 2.21. The maximum atomic E-state index is 12.9. The number of hydrogen-bond donors (Lipinski definition) is 2. The van der Waals surface area contributed by atoms with E-state index in [1.165, 1.54) is 15.6 Å². The van der Waals surface area contributed by atoms with Gasteiger partial charge in [0.25, 0.3) is 11.8 Å². The van der Waals surface area contributed by atoms with E-state index < -0.39 is 11.8 Å². The van der Waals surface area contributed by atoms with E-state index in [0.29, 0.717) is 16.5 Å². The summed E-state index contributed by atoms with van der Waals surface area (Å²) in [7, 11) is 3.40. The molecule has 0 aliphatic rings. The van der Waals surface area contributed by atoms with Gasteiger partial charge in [0, 0.05) is 25.3 Å². The van der Waals surface area contributed by atoms with E-state index in [9.17, 15) is 9.59 Å². The fourth-order valence-corrected chi connectivity index (χ4v) is 3.58. The Labute approximate surface area is 206 Å². The fourth-order valence-electron chi connectivity index (χ4n) is 3.47. The van der Waals surface area contributed by atoms with Crippen LogP contribution in [0.5, 0.6) is 5.75 Å². The molecule has 0 radical (unpaired) electrons. The Bertz CT molecular complexity index is 1400. The van der Waals surface area contributed by atoms with Crippen LogP contribution in [-0.2, 0) is 20.8 Å². The van der Waals surface area contributed by atoms with E-state index in [4.69, 9.17) is 16.3 Å². The van der Waals surface area contributed by atoms with E-state index in [1.807, 2.05) is 32.9 Å². The standard InChI is InChI=1S/C23H25ClN8O3/c1-13-8-16(9-14(2)20(13)24)35-12-32-7-6-17(29-32)22(33)28-19-11-26-31(5)21(19)23(34)27-18-10-25-30(4)15(18)3/h6-11H,12H2,1-5H3,(H,27,34)(H,28,33). The van der Waals surface area contributed by atoms with Crippen LogP contribution >= 0.6 is 11.6 Å². The van der Waals surface area contributed by atoms with E-state index in [-0.39, 0.29) is 23.8 Å². The molecule has 0 atom stereocenters. The molecule has 2 N–H and O–H groups in total. The largest absolute Gasteiger partial charge is 0.471 e. The number of halogens is 1. The van der Waals surface area contributed by atoms with Gasteiger partial charge in [-0.05, 0) is 50.1 Å². The van der Waals surface area contributed by atoms with Crippen LogP contribution in [0.25, 0.3) is 0 Å². The zero-order chi connectivity index (χ0) is 25.3. The van der Waals surface area contributed by atoms with Crippen molar-refractivity contribution in [1.82, 2.24) is 29.3 Å². The van der Waals surface area contributed by atoms with Gasteiger partial charge in [-0.3, -0.25) is 19.0 Å². The summed E-state index contributed by atoms with van der Waals surface area (Å²) in [6.07, 6.45) is 4.60. The van der Waals surface area contributed by atoms with Gasteiger partial charge in [-0.15, -0.1) is 0 Å². The maximum absolute atomic E-state index is 12.9. The predicted molar refractivity (Wildman–Crippen MR) is 131 cm³/mol. The molecule has 3 aromatic heterocycles. The SMILES string of the molecule is Cc1cc(OCn2ccc(C(=O)Nc3cnn(C)c3C(=O)Nc3cnn(C)c3C)n2)cc(C)c1Cl. The summed E-state index contributed by atoms with van der Waals surface area (Å²) < 4.78 is 10.3. The van der Waals surface area contributed by atoms with Gasteiger partial charge in [0.15, 0.2) is 12.4 Å². The first-order valence-electron chi connectivity index (χ1n) is 10.7. The number of hydrogen-bond acceptors (Lipinski definition) is 6. The average molecular weight is 497 g/mol. The van der Waals surface area contributed by atoms with Crippen LogP contribution in [0, 0.1) is 20.8 Å². The van der Waals surface area contributed by atoms with Crippen molar-refractivity contribution in [3.63, 3.8) is 0 Å². The molecule has 0 bridgehead atoms. The number of anilines is 2. The number of benzene rings is 1. The Kier molecular flexibility index (Phi) is 6.61. The molecule has 0 fully saturated rings. The summed E-state index contributed by atoms with van der Waals surface area (Å²) in [6, 6.07) is 5.25. The molecule has 3 heterocycles. The molecule has 4 aromatic rings. The van der Waals surface area contributed by atoms with Crippen LogP contribution in [0.15, 0.2) is 36.8 Å². The molecule has 182 valence electrons. The highest BCUT2D eigenvalue weighted by molar-refractivity contribution is 6.32. The third-order valence-corrected chi connectivity index (χ3v) is 6.13. The maximum Gasteiger partial charge on any atom is 0.276 e. The van der Waals surface area contributed by atoms with Gasteiger partial charge in [-0.2, -0.15) is 15.3 Å². The summed E-state index contributed by atoms with van der Waals surface area (Å²) >= 11 is 6.20. The molecule has 1 aromatic carbocycles. The predicted octanol–water partition coefficient (Wildman–Crippen LogP) is 3.47. The van der Waals surface area contributed by atoms with Crippen LogP contribution in [0.1, 0.15) is 37.8 Å². The van der Waals surface area contributed by atoms with Gasteiger partial charge < -0.3 is 15.4 Å². The molecule has 35 heavy (non-hydrogen) atoms. The number of nitrogens with zero attached hydrogens (tertiary/aromatic N) is 6. The van der Waals surface area contributed by atoms with Gasteiger partial charge in [0.2, 0.25) is 0 Å². The molecular weight excluding hydrogens is 472 g/mol. The van der Waals surface area contributed by atoms with E-state index >= 15 is 0 Å². The summed E-state index contributed by atoms with van der Waals surface area (Å²) in [4.78, 5) is 25.7. The lowest BCUT2D eigenvalue weighted by atomic mass is 10.1. The molecular formula is C23H25ClN8O3. The fraction of sp³-hybridized carbons (Fsp3) is 0.261. The number of aryl methyl sites for hydroxylation is 4. The third-order valence-electron chi connectivity index (χ3n) is 5.53. The lowest BCUT2D eigenvalue weighted by Gasteiger charge is -2.10. The van der Waals surface area contributed by atoms with Crippen LogP contribution < -0.4 is 15.4 Å². The molecule has 0 aliphatic carbocycles. The van der Waals surface area contributed by atoms with Gasteiger partial charge in [-0.25, -0.2) is 4.68 Å². The molecule has 0 saturated heterocycles. The minimum absolute atomic E-state index is 0.110. The third kappa shape index (κ3) is 5.04. The average Bonchev–Trinajstić information content (AvgIpc) is 3.52. The molecule has 0 aliphatic heterocycles. The summed E-state index contributed by atoms with van der Waals surface area (Å²) in [5, 5.41) is 18.7. The van der Waals surface area contributed by atoms with Crippen molar-refractivity contribution in [3.8, 4) is 5.75 Å². The zero-order valence-corrected chi connectivity index (χ0v) is 20.7. The first-order valence-corrected chi connectivity index (χ1v) is 11.1. The number of rotatable bonds is 7. The highest BCUT2D eigenvalue weighted by Crippen LogP contribution is 2.26. The van der Waals surface area contributed by atoms with Crippen molar-refractivity contribution in [2.45, 2.75) is 27.5 Å². The van der Waals surface area contributed by atoms with Gasteiger partial charge >= 0.3 is 0 Å². The molecule has 12 heteroatoms. The van der Waals surface area contributed by atoms with Gasteiger partial charge in [0.1, 0.15) is 11.4 Å². The van der Waals surface area contributed by atoms with Crippen LogP contribution in [0.4, 0.5) is 11.4 Å². The van der Waals surface area contributed by atoms with Crippen molar-refractivity contribution in [1.29, 1.82) is 0 Å². The van der Waals surface area contributed by atoms with Crippen molar-refractivity contribution in [3.05, 3.63) is 70.0 Å². The molecule has 0 unspecified atom stereocenters. The highest BCUT2D eigenvalue weighted by atomic mass is 35.5. The summed E-state index contributed by atoms with van der Waals surface area (Å²) in [6.45, 7) is 5.76. The topological polar surface area (TPSA) is 121 Å². The van der Waals surface area contributed by atoms with E-state index in [1.54, 1.807) is 37.2 Å². The second-order valence-corrected chi connectivity index (χ2v) is 8.47. The quantitative estimate of drug-likeness (QED) is 0.404. The monoisotopic (exact) mass is 496 g/mol. The first kappa shape index (κ1) is 24.0. The number of carbonyl (C=O) groups is 2. The smallest absolute Gasteiger partial charge is 0.276 e. The summed E-state index contributed by atoms with van der Waals surface area (Å²) in [5.74, 6) is -0.258. The number of amides is 2. The van der Waals surface area contributed by atoms with Crippen LogP contribution in [0.3, 0.4) is 0 Å². The number of ether oxygens (including phenoxy) is 1. The van der Waals surface area contributed by atoms with Gasteiger partial charge in [0.05, 0.1) is 29.5 Å². The number of nitrogens with one attached hydrogen (secondary N) is 2. The lowest BCUT2D eigenvalue weighted by Crippen LogP contribution is -2.21. The van der Waals surface area contributed by atoms with Crippen LogP contribution in [-0.4, -0.2) is 41.2 Å². The summed E-state index contributed by atoms with van der Waals surface area (Å²) in [5.41, 5.74) is 3.81. The van der Waals surface area contributed by atoms with Crippen molar-refractivity contribution >= 4 is 34.8 Å². The normalized spacial score (nSPS) is 10.9. The molecule has 4 rings (SSSR count). The van der Waals surface area contributed by atoms with Gasteiger partial charge in [-0.1, -0.05) is 11.6 Å². The van der Waals surface area contributed by atoms with Crippen molar-refractivity contribution < 1.29 is 14.3 Å². The Morgan fingerprint density at radius 3 is 2.26 bits per heavy atom. The lowest BCUT2D eigenvalue weighted by molar-refractivity contribution is 0.101. The second-order valence-electron chi connectivity index (χ2n) is 8.09. The van der Waals surface area contributed by atoms with Crippen molar-refractivity contribution in [2.24, 2.45) is 14.1 Å². The van der Waals surface area contributed by atoms with Crippen LogP contribution in [0.2, 0.25) is 5.02 Å². The minimum Gasteiger partial charge on any atom is -0.471 e. The number of carbonyl (C=O) groups excluding carboxylic acids is 2. The van der Waals surface area contributed by atoms with Crippen molar-refractivity contribution in [2.75, 3.05) is 10.6 Å². The zero-order valence-electron chi connectivity index (χ0n) is 20.0. The van der Waals surface area contributed by atoms with E-state index in [0.717, 1.165) is 16.8 Å². The Balaban J connectivity index is 1.43. The molecule has 0 saturated carbocycles. The molecule has 11 nitrogen and oxygen atoms in total. The second kappa shape index (κ2) is 9.63. The Hall–Kier alpha value is -4.12.